The van der Waals surface area contributed by atoms with Gasteiger partial charge in [-0.2, -0.15) is 0 Å². The van der Waals surface area contributed by atoms with Crippen LogP contribution < -0.4 is 10.1 Å². The molecule has 5 nitrogen and oxygen atoms in total. The smallest absolute Gasteiger partial charge is 0.253 e. The molecular formula is C20H21BrN2O3. The maximum atomic E-state index is 12.5. The number of carbonyl (C=O) groups is 2. The molecule has 1 fully saturated rings. The van der Waals surface area contributed by atoms with Gasteiger partial charge in [-0.05, 0) is 61.4 Å². The van der Waals surface area contributed by atoms with Crippen LogP contribution in [0.3, 0.4) is 0 Å². The lowest BCUT2D eigenvalue weighted by atomic mass is 9.95. The zero-order valence-electron chi connectivity index (χ0n) is 14.6. The van der Waals surface area contributed by atoms with Crippen LogP contribution in [0.5, 0.6) is 5.75 Å². The molecule has 2 amide bonds. The molecule has 2 aromatic carbocycles. The fourth-order valence-corrected chi connectivity index (χ4v) is 3.30. The van der Waals surface area contributed by atoms with Gasteiger partial charge in [0.1, 0.15) is 5.75 Å². The molecule has 2 aromatic rings. The SMILES string of the molecule is COc1ccc(NC(=O)C2CCN(C(=O)c3ccc(Br)cc3)CC2)cc1. The second-order valence-corrected chi connectivity index (χ2v) is 7.21. The molecule has 0 bridgehead atoms. The number of nitrogens with one attached hydrogen (secondary N) is 1. The lowest BCUT2D eigenvalue weighted by Crippen LogP contribution is -2.41. The van der Waals surface area contributed by atoms with Crippen molar-refractivity contribution in [3.8, 4) is 5.75 Å². The number of rotatable bonds is 4. The van der Waals surface area contributed by atoms with E-state index in [-0.39, 0.29) is 17.7 Å². The highest BCUT2D eigenvalue weighted by Gasteiger charge is 2.27. The lowest BCUT2D eigenvalue weighted by molar-refractivity contribution is -0.121. The van der Waals surface area contributed by atoms with E-state index in [1.165, 1.54) is 0 Å². The van der Waals surface area contributed by atoms with Crippen LogP contribution in [0.1, 0.15) is 23.2 Å². The first-order valence-electron chi connectivity index (χ1n) is 8.56. The summed E-state index contributed by atoms with van der Waals surface area (Å²) in [5, 5.41) is 2.94. The minimum Gasteiger partial charge on any atom is -0.497 e. The summed E-state index contributed by atoms with van der Waals surface area (Å²) in [4.78, 5) is 26.8. The Balaban J connectivity index is 1.53. The van der Waals surface area contributed by atoms with Crippen LogP contribution in [-0.4, -0.2) is 36.9 Å². The first-order valence-corrected chi connectivity index (χ1v) is 9.36. The first kappa shape index (κ1) is 18.5. The first-order chi connectivity index (χ1) is 12.6. The van der Waals surface area contributed by atoms with E-state index in [1.54, 1.807) is 7.11 Å². The average molecular weight is 417 g/mol. The zero-order chi connectivity index (χ0) is 18.5. The van der Waals surface area contributed by atoms with Gasteiger partial charge in [-0.3, -0.25) is 9.59 Å². The molecule has 1 aliphatic heterocycles. The number of benzene rings is 2. The van der Waals surface area contributed by atoms with Crippen molar-refractivity contribution < 1.29 is 14.3 Å². The Morgan fingerprint density at radius 2 is 1.65 bits per heavy atom. The number of likely N-dealkylation sites (tertiary alicyclic amines) is 1. The number of nitrogens with zero attached hydrogens (tertiary/aromatic N) is 1. The Bertz CT molecular complexity index is 767. The van der Waals surface area contributed by atoms with E-state index < -0.39 is 0 Å². The van der Waals surface area contributed by atoms with E-state index >= 15 is 0 Å². The van der Waals surface area contributed by atoms with Crippen LogP contribution in [-0.2, 0) is 4.79 Å². The Morgan fingerprint density at radius 1 is 1.04 bits per heavy atom. The summed E-state index contributed by atoms with van der Waals surface area (Å²) < 4.78 is 6.06. The van der Waals surface area contributed by atoms with Crippen LogP contribution >= 0.6 is 15.9 Å². The van der Waals surface area contributed by atoms with Crippen molar-refractivity contribution in [2.75, 3.05) is 25.5 Å². The highest BCUT2D eigenvalue weighted by molar-refractivity contribution is 9.10. The largest absolute Gasteiger partial charge is 0.497 e. The fourth-order valence-electron chi connectivity index (χ4n) is 3.04. The molecule has 1 aliphatic rings. The summed E-state index contributed by atoms with van der Waals surface area (Å²) in [6.45, 7) is 1.19. The monoisotopic (exact) mass is 416 g/mol. The van der Waals surface area contributed by atoms with Crippen molar-refractivity contribution in [1.82, 2.24) is 4.90 Å². The summed E-state index contributed by atoms with van der Waals surface area (Å²) in [5.74, 6) is 0.700. The van der Waals surface area contributed by atoms with Crippen LogP contribution in [0.4, 0.5) is 5.69 Å². The Morgan fingerprint density at radius 3 is 2.23 bits per heavy atom. The number of anilines is 1. The molecule has 0 atom stereocenters. The minimum absolute atomic E-state index is 0.00547. The number of ether oxygens (including phenoxy) is 1. The predicted molar refractivity (Wildman–Crippen MR) is 104 cm³/mol. The Labute approximate surface area is 161 Å². The molecule has 0 unspecified atom stereocenters. The number of carbonyl (C=O) groups excluding carboxylic acids is 2. The highest BCUT2D eigenvalue weighted by Crippen LogP contribution is 2.22. The van der Waals surface area contributed by atoms with E-state index in [0.29, 0.717) is 31.5 Å². The van der Waals surface area contributed by atoms with E-state index in [2.05, 4.69) is 21.2 Å². The van der Waals surface area contributed by atoms with Crippen molar-refractivity contribution >= 4 is 33.4 Å². The molecule has 3 rings (SSSR count). The van der Waals surface area contributed by atoms with Gasteiger partial charge in [0.05, 0.1) is 7.11 Å². The molecule has 0 aromatic heterocycles. The van der Waals surface area contributed by atoms with Gasteiger partial charge in [-0.15, -0.1) is 0 Å². The van der Waals surface area contributed by atoms with E-state index in [1.807, 2.05) is 53.4 Å². The van der Waals surface area contributed by atoms with Crippen molar-refractivity contribution in [2.45, 2.75) is 12.8 Å². The van der Waals surface area contributed by atoms with E-state index in [9.17, 15) is 9.59 Å². The molecule has 1 N–H and O–H groups in total. The third-order valence-electron chi connectivity index (χ3n) is 4.60. The molecule has 6 heteroatoms. The number of hydrogen-bond donors (Lipinski definition) is 1. The van der Waals surface area contributed by atoms with Gasteiger partial charge in [-0.1, -0.05) is 15.9 Å². The van der Waals surface area contributed by atoms with Crippen molar-refractivity contribution in [1.29, 1.82) is 0 Å². The predicted octanol–water partition coefficient (Wildman–Crippen LogP) is 3.95. The maximum absolute atomic E-state index is 12.5. The van der Waals surface area contributed by atoms with Gasteiger partial charge < -0.3 is 15.0 Å². The summed E-state index contributed by atoms with van der Waals surface area (Å²) in [7, 11) is 1.61. The van der Waals surface area contributed by atoms with Gasteiger partial charge in [0, 0.05) is 34.7 Å². The molecular weight excluding hydrogens is 396 g/mol. The second-order valence-electron chi connectivity index (χ2n) is 6.29. The second kappa shape index (κ2) is 8.36. The lowest BCUT2D eigenvalue weighted by Gasteiger charge is -2.31. The third-order valence-corrected chi connectivity index (χ3v) is 5.13. The normalized spacial score (nSPS) is 14.8. The molecule has 0 aliphatic carbocycles. The number of methoxy groups -OCH3 is 1. The van der Waals surface area contributed by atoms with Crippen molar-refractivity contribution in [2.24, 2.45) is 5.92 Å². The van der Waals surface area contributed by atoms with Crippen molar-refractivity contribution in [3.63, 3.8) is 0 Å². The third kappa shape index (κ3) is 4.43. The Kier molecular flexibility index (Phi) is 5.93. The van der Waals surface area contributed by atoms with Gasteiger partial charge in [-0.25, -0.2) is 0 Å². The van der Waals surface area contributed by atoms with Gasteiger partial charge in [0.25, 0.3) is 5.91 Å². The van der Waals surface area contributed by atoms with Crippen LogP contribution in [0.15, 0.2) is 53.0 Å². The van der Waals surface area contributed by atoms with Crippen molar-refractivity contribution in [3.05, 3.63) is 58.6 Å². The Hall–Kier alpha value is -2.34. The summed E-state index contributed by atoms with van der Waals surface area (Å²) >= 11 is 3.37. The molecule has 136 valence electrons. The van der Waals surface area contributed by atoms with Crippen LogP contribution in [0, 0.1) is 5.92 Å². The number of amides is 2. The molecule has 0 radical (unpaired) electrons. The topological polar surface area (TPSA) is 58.6 Å². The molecule has 1 heterocycles. The number of halogens is 1. The van der Waals surface area contributed by atoms with Crippen LogP contribution in [0.2, 0.25) is 0 Å². The standard InChI is InChI=1S/C20H21BrN2O3/c1-26-18-8-6-17(7-9-18)22-19(24)14-10-12-23(13-11-14)20(25)15-2-4-16(21)5-3-15/h2-9,14H,10-13H2,1H3,(H,22,24). The summed E-state index contributed by atoms with van der Waals surface area (Å²) in [6, 6.07) is 14.6. The van der Waals surface area contributed by atoms with Gasteiger partial charge >= 0.3 is 0 Å². The molecule has 0 spiro atoms. The quantitative estimate of drug-likeness (QED) is 0.820. The fraction of sp³-hybridized carbons (Fsp3) is 0.300. The summed E-state index contributed by atoms with van der Waals surface area (Å²) in [6.07, 6.45) is 1.34. The van der Waals surface area contributed by atoms with Crippen LogP contribution in [0.25, 0.3) is 0 Å². The molecule has 0 saturated carbocycles. The minimum atomic E-state index is -0.0777. The zero-order valence-corrected chi connectivity index (χ0v) is 16.2. The van der Waals surface area contributed by atoms with Gasteiger partial charge in [0.15, 0.2) is 0 Å². The average Bonchev–Trinajstić information content (AvgIpc) is 2.69. The number of hydrogen-bond acceptors (Lipinski definition) is 3. The highest BCUT2D eigenvalue weighted by atomic mass is 79.9. The summed E-state index contributed by atoms with van der Waals surface area (Å²) in [5.41, 5.74) is 1.43. The molecule has 26 heavy (non-hydrogen) atoms. The van der Waals surface area contributed by atoms with E-state index in [4.69, 9.17) is 4.74 Å². The van der Waals surface area contributed by atoms with E-state index in [0.717, 1.165) is 15.9 Å². The van der Waals surface area contributed by atoms with Gasteiger partial charge in [0.2, 0.25) is 5.91 Å². The molecule has 1 saturated heterocycles. The number of piperidine rings is 1. The maximum Gasteiger partial charge on any atom is 0.253 e.